The first-order chi connectivity index (χ1) is 2.00. The van der Waals surface area contributed by atoms with Crippen LogP contribution in [0.15, 0.2) is 0 Å². The lowest BCUT2D eigenvalue weighted by atomic mass is 12.0. The topological polar surface area (TPSA) is 34.1 Å². The minimum atomic E-state index is 0. The number of hydrogen-bond donors (Lipinski definition) is 0. The molecule has 5 heavy (non-hydrogen) atoms. The van der Waals surface area contributed by atoms with Crippen LogP contribution in [0.5, 0.6) is 0 Å². The lowest BCUT2D eigenvalue weighted by Crippen LogP contribution is -0.674. The average Bonchev–Trinajstić information content (AvgIpc) is 1.50. The predicted molar refractivity (Wildman–Crippen MR) is 25.2 cm³/mol. The van der Waals surface area contributed by atoms with E-state index in [2.05, 4.69) is 21.7 Å². The molecule has 0 bridgehead atoms. The second-order valence-electron chi connectivity index (χ2n) is 0. The summed E-state index contributed by atoms with van der Waals surface area (Å²) in [5.74, 6) is 0. The third kappa shape index (κ3) is 613. The zero-order chi connectivity index (χ0) is 4.00. The summed E-state index contributed by atoms with van der Waals surface area (Å²) in [6, 6.07) is 0. The molecule has 0 aromatic rings. The highest BCUT2D eigenvalue weighted by molar-refractivity contribution is 6.85. The molecule has 0 radical (unpaired) electrons. The maximum atomic E-state index is 7.00. The molecule has 34 valence electrons. The molecule has 0 rings (SSSR count). The Morgan fingerprint density at radius 1 is 1.00 bits per heavy atom. The minimum absolute atomic E-state index is 0. The summed E-state index contributed by atoms with van der Waals surface area (Å²) in [5, 5.41) is 0. The van der Waals surface area contributed by atoms with Crippen molar-refractivity contribution in [3.8, 4) is 0 Å². The SMILES string of the molecule is C.ClCl.O=O. The van der Waals surface area contributed by atoms with E-state index in [1.807, 2.05) is 0 Å². The standard InChI is InChI=1S/CH4.Cl2.O2/c;2*1-2/h1H4;;. The van der Waals surface area contributed by atoms with Crippen LogP contribution in [0.3, 0.4) is 0 Å². The first-order valence-corrected chi connectivity index (χ1v) is 1.45. The summed E-state index contributed by atoms with van der Waals surface area (Å²) in [7, 11) is 8.22. The van der Waals surface area contributed by atoms with Gasteiger partial charge in [-0.25, -0.2) is 0 Å². The minimum Gasteiger partial charge on any atom is -0.0776 e. The van der Waals surface area contributed by atoms with Gasteiger partial charge in [0.2, 0.25) is 0 Å². The smallest absolute Gasteiger partial charge is 0 e. The number of hydrogen-bond acceptors (Lipinski definition) is 2. The molecular weight excluding hydrogens is 115 g/mol. The number of rotatable bonds is 0. The van der Waals surface area contributed by atoms with Crippen LogP contribution in [0.1, 0.15) is 7.43 Å². The van der Waals surface area contributed by atoms with Gasteiger partial charge in [0, 0.05) is 31.6 Å². The highest BCUT2D eigenvalue weighted by Crippen LogP contribution is 1.69. The highest BCUT2D eigenvalue weighted by atomic mass is 36.5. The molecule has 0 saturated heterocycles. The van der Waals surface area contributed by atoms with Gasteiger partial charge in [-0.2, -0.15) is 0 Å². The summed E-state index contributed by atoms with van der Waals surface area (Å²) >= 11 is 0. The van der Waals surface area contributed by atoms with E-state index in [-0.39, 0.29) is 7.43 Å². The van der Waals surface area contributed by atoms with E-state index in [0.29, 0.717) is 0 Å². The molecular formula is CH4Cl2O2. The van der Waals surface area contributed by atoms with E-state index in [9.17, 15) is 0 Å². The molecule has 0 aromatic carbocycles. The molecule has 0 amide bonds. The molecule has 4 heteroatoms. The highest BCUT2D eigenvalue weighted by Gasteiger charge is 1.00. The zero-order valence-corrected chi connectivity index (χ0v) is 3.08. The molecule has 0 unspecified atom stereocenters. The van der Waals surface area contributed by atoms with Crippen LogP contribution >= 0.6 is 21.7 Å². The van der Waals surface area contributed by atoms with Gasteiger partial charge in [0.25, 0.3) is 0 Å². The van der Waals surface area contributed by atoms with Gasteiger partial charge >= 0.3 is 0 Å². The van der Waals surface area contributed by atoms with Crippen molar-refractivity contribution in [2.75, 3.05) is 0 Å². The predicted octanol–water partition coefficient (Wildman–Crippen LogP) is 2.08. The van der Waals surface area contributed by atoms with E-state index in [1.165, 1.54) is 0 Å². The second kappa shape index (κ2) is 1300. The maximum Gasteiger partial charge on any atom is 0 e. The van der Waals surface area contributed by atoms with Gasteiger partial charge in [0.15, 0.2) is 0 Å². The van der Waals surface area contributed by atoms with E-state index in [4.69, 9.17) is 9.93 Å². The summed E-state index contributed by atoms with van der Waals surface area (Å²) in [6.07, 6.45) is 0. The van der Waals surface area contributed by atoms with Crippen LogP contribution in [0.25, 0.3) is 0 Å². The van der Waals surface area contributed by atoms with E-state index >= 15 is 0 Å². The van der Waals surface area contributed by atoms with Gasteiger partial charge in [-0.15, -0.1) is 0 Å². The van der Waals surface area contributed by atoms with Crippen LogP contribution in [-0.2, 0) is 0 Å². The van der Waals surface area contributed by atoms with Gasteiger partial charge in [-0.05, 0) is 0 Å². The first-order valence-electron chi connectivity index (χ1n) is 0.310. The van der Waals surface area contributed by atoms with Gasteiger partial charge in [-0.1, -0.05) is 7.43 Å². The molecule has 0 aliphatic carbocycles. The van der Waals surface area contributed by atoms with Crippen molar-refractivity contribution < 1.29 is 0 Å². The Labute approximate surface area is 39.9 Å². The Bertz CT molecular complexity index is 7.61. The Hall–Kier alpha value is 0.180. The summed E-state index contributed by atoms with van der Waals surface area (Å²) in [5.41, 5.74) is 0. The molecule has 0 spiro atoms. The zero-order valence-electron chi connectivity index (χ0n) is 1.57. The molecule has 0 heterocycles. The van der Waals surface area contributed by atoms with Gasteiger partial charge in [-0.3, -0.25) is 0 Å². The van der Waals surface area contributed by atoms with Crippen molar-refractivity contribution in [2.24, 2.45) is 0 Å². The Morgan fingerprint density at radius 3 is 1.00 bits per heavy atom. The summed E-state index contributed by atoms with van der Waals surface area (Å²) in [4.78, 5) is 14.0. The Kier molecular flexibility index (Phi) is 4970. The molecule has 0 atom stereocenters. The third-order valence-corrected chi connectivity index (χ3v) is 0. The summed E-state index contributed by atoms with van der Waals surface area (Å²) < 4.78 is 0. The lowest BCUT2D eigenvalue weighted by Gasteiger charge is -1.000. The van der Waals surface area contributed by atoms with E-state index in [1.54, 1.807) is 0 Å². The van der Waals surface area contributed by atoms with Crippen molar-refractivity contribution in [1.82, 2.24) is 0 Å². The molecule has 2 nitrogen and oxygen atoms in total. The third-order valence-electron chi connectivity index (χ3n) is 0. The van der Waals surface area contributed by atoms with Crippen molar-refractivity contribution in [3.05, 3.63) is 9.93 Å². The van der Waals surface area contributed by atoms with Crippen molar-refractivity contribution in [2.45, 2.75) is 7.43 Å². The van der Waals surface area contributed by atoms with Crippen molar-refractivity contribution >= 4 is 21.7 Å². The quantitative estimate of drug-likeness (QED) is 0.489. The lowest BCUT2D eigenvalue weighted by molar-refractivity contribution is 2.50. The van der Waals surface area contributed by atoms with Crippen molar-refractivity contribution in [3.63, 3.8) is 0 Å². The van der Waals surface area contributed by atoms with Gasteiger partial charge in [0.1, 0.15) is 0 Å². The molecule has 0 saturated carbocycles. The van der Waals surface area contributed by atoms with Gasteiger partial charge < -0.3 is 0 Å². The van der Waals surface area contributed by atoms with Crippen LogP contribution in [0.2, 0.25) is 0 Å². The normalized spacial score (nSPS) is 2.00. The van der Waals surface area contributed by atoms with Crippen LogP contribution < -0.4 is 0 Å². The van der Waals surface area contributed by atoms with Crippen LogP contribution in [0, 0.1) is 9.93 Å². The molecule has 0 fully saturated rings. The van der Waals surface area contributed by atoms with Crippen LogP contribution in [-0.4, -0.2) is 0 Å². The largest absolute Gasteiger partial charge is 0.0776 e. The van der Waals surface area contributed by atoms with Gasteiger partial charge in [0.05, 0.1) is 0 Å². The average molecular weight is 119 g/mol. The Morgan fingerprint density at radius 2 is 1.00 bits per heavy atom. The second-order valence-corrected chi connectivity index (χ2v) is 0. The van der Waals surface area contributed by atoms with E-state index in [0.717, 1.165) is 0 Å². The first kappa shape index (κ1) is 19.0. The van der Waals surface area contributed by atoms with E-state index < -0.39 is 0 Å². The monoisotopic (exact) mass is 118 g/mol. The fraction of sp³-hybridized carbons (Fsp3) is 1.00. The fourth-order valence-electron chi connectivity index (χ4n) is 0. The molecule has 0 aliphatic heterocycles. The number of halogens is 2. The Balaban J connectivity index is -0.0000000133. The molecule has 0 aromatic heterocycles. The maximum absolute atomic E-state index is 7.00. The van der Waals surface area contributed by atoms with Crippen LogP contribution in [0.4, 0.5) is 0 Å². The fourth-order valence-corrected chi connectivity index (χ4v) is 0. The van der Waals surface area contributed by atoms with Crippen molar-refractivity contribution in [1.29, 1.82) is 0 Å². The molecule has 0 aliphatic rings. The molecule has 0 N–H and O–H groups in total. The summed E-state index contributed by atoms with van der Waals surface area (Å²) in [6.45, 7) is 0.